The van der Waals surface area contributed by atoms with E-state index >= 15 is 0 Å². The van der Waals surface area contributed by atoms with Crippen LogP contribution in [0.4, 0.5) is 0 Å². The molecule has 1 unspecified atom stereocenters. The minimum absolute atomic E-state index is 0.0130. The molecule has 0 aliphatic heterocycles. The molecule has 1 aromatic rings. The lowest BCUT2D eigenvalue weighted by atomic mass is 9.89. The Morgan fingerprint density at radius 3 is 2.79 bits per heavy atom. The van der Waals surface area contributed by atoms with Crippen molar-refractivity contribution in [2.75, 3.05) is 6.54 Å². The van der Waals surface area contributed by atoms with Crippen molar-refractivity contribution in [2.24, 2.45) is 5.41 Å². The number of amides is 1. The SMILES string of the molecule is CC(C)(C)CC(O)CNC(=O)c1cc(Br)cnc1Cl. The van der Waals surface area contributed by atoms with Crippen LogP contribution in [0.3, 0.4) is 0 Å². The molecule has 0 radical (unpaired) electrons. The Hall–Kier alpha value is -0.650. The van der Waals surface area contributed by atoms with Crippen LogP contribution < -0.4 is 5.32 Å². The first-order chi connectivity index (χ1) is 8.69. The van der Waals surface area contributed by atoms with E-state index in [9.17, 15) is 9.90 Å². The van der Waals surface area contributed by atoms with Gasteiger partial charge in [0.25, 0.3) is 5.91 Å². The average molecular weight is 350 g/mol. The van der Waals surface area contributed by atoms with Gasteiger partial charge in [-0.05, 0) is 33.8 Å². The summed E-state index contributed by atoms with van der Waals surface area (Å²) >= 11 is 9.09. The highest BCUT2D eigenvalue weighted by molar-refractivity contribution is 9.10. The Balaban J connectivity index is 2.58. The van der Waals surface area contributed by atoms with Gasteiger partial charge in [0.2, 0.25) is 0 Å². The number of halogens is 2. The van der Waals surface area contributed by atoms with Crippen molar-refractivity contribution in [1.29, 1.82) is 0 Å². The Labute approximate surface area is 126 Å². The van der Waals surface area contributed by atoms with Crippen LogP contribution in [0.15, 0.2) is 16.7 Å². The number of nitrogens with zero attached hydrogens (tertiary/aromatic N) is 1. The third kappa shape index (κ3) is 5.89. The van der Waals surface area contributed by atoms with E-state index in [-0.39, 0.29) is 23.0 Å². The molecule has 1 heterocycles. The fourth-order valence-electron chi connectivity index (χ4n) is 1.67. The predicted molar refractivity (Wildman–Crippen MR) is 79.4 cm³/mol. The predicted octanol–water partition coefficient (Wildman–Crippen LogP) is 3.02. The maximum absolute atomic E-state index is 11.9. The summed E-state index contributed by atoms with van der Waals surface area (Å²) in [6.45, 7) is 6.30. The number of hydrogen-bond acceptors (Lipinski definition) is 3. The van der Waals surface area contributed by atoms with Crippen LogP contribution in [0.5, 0.6) is 0 Å². The van der Waals surface area contributed by atoms with E-state index in [0.717, 1.165) is 0 Å². The molecular formula is C13H18BrClN2O2. The molecule has 2 N–H and O–H groups in total. The summed E-state index contributed by atoms with van der Waals surface area (Å²) < 4.78 is 0.678. The minimum Gasteiger partial charge on any atom is -0.391 e. The standard InChI is InChI=1S/C13H18BrClN2O2/c1-13(2,3)5-9(18)7-17-12(19)10-4-8(14)6-16-11(10)15/h4,6,9,18H,5,7H2,1-3H3,(H,17,19). The molecule has 0 spiro atoms. The number of aromatic nitrogens is 1. The fraction of sp³-hybridized carbons (Fsp3) is 0.538. The van der Waals surface area contributed by atoms with E-state index in [4.69, 9.17) is 11.6 Å². The number of carbonyl (C=O) groups is 1. The average Bonchev–Trinajstić information content (AvgIpc) is 2.27. The quantitative estimate of drug-likeness (QED) is 0.821. The third-order valence-electron chi connectivity index (χ3n) is 2.40. The zero-order valence-corrected chi connectivity index (χ0v) is 13.5. The summed E-state index contributed by atoms with van der Waals surface area (Å²) in [5.74, 6) is -0.341. The van der Waals surface area contributed by atoms with E-state index < -0.39 is 6.10 Å². The van der Waals surface area contributed by atoms with Crippen LogP contribution >= 0.6 is 27.5 Å². The van der Waals surface area contributed by atoms with E-state index in [0.29, 0.717) is 16.5 Å². The molecule has 0 saturated heterocycles. The van der Waals surface area contributed by atoms with Crippen molar-refractivity contribution in [3.63, 3.8) is 0 Å². The van der Waals surface area contributed by atoms with Gasteiger partial charge in [0.1, 0.15) is 5.15 Å². The normalized spacial score (nSPS) is 13.2. The summed E-state index contributed by atoms with van der Waals surface area (Å²) in [5, 5.41) is 12.6. The summed E-state index contributed by atoms with van der Waals surface area (Å²) in [4.78, 5) is 15.8. The first kappa shape index (κ1) is 16.4. The zero-order valence-electron chi connectivity index (χ0n) is 11.2. The first-order valence-corrected chi connectivity index (χ1v) is 7.13. The van der Waals surface area contributed by atoms with Gasteiger partial charge in [0.05, 0.1) is 11.7 Å². The van der Waals surface area contributed by atoms with Crippen LogP contribution in [-0.4, -0.2) is 28.6 Å². The highest BCUT2D eigenvalue weighted by Crippen LogP contribution is 2.21. The number of carbonyl (C=O) groups excluding carboxylic acids is 1. The summed E-state index contributed by atoms with van der Waals surface area (Å²) in [5.41, 5.74) is 0.304. The summed E-state index contributed by atoms with van der Waals surface area (Å²) in [7, 11) is 0. The number of rotatable bonds is 4. The molecule has 106 valence electrons. The van der Waals surface area contributed by atoms with Crippen LogP contribution in [0, 0.1) is 5.41 Å². The Morgan fingerprint density at radius 2 is 2.21 bits per heavy atom. The van der Waals surface area contributed by atoms with Gasteiger partial charge in [-0.25, -0.2) is 4.98 Å². The van der Waals surface area contributed by atoms with Crippen LogP contribution in [0.2, 0.25) is 5.15 Å². The molecule has 19 heavy (non-hydrogen) atoms. The van der Waals surface area contributed by atoms with Crippen LogP contribution in [0.1, 0.15) is 37.6 Å². The second kappa shape index (κ2) is 6.68. The lowest BCUT2D eigenvalue weighted by molar-refractivity contribution is 0.0868. The second-order valence-corrected chi connectivity index (χ2v) is 6.89. The van der Waals surface area contributed by atoms with Gasteiger partial charge in [0.15, 0.2) is 0 Å². The monoisotopic (exact) mass is 348 g/mol. The lowest BCUT2D eigenvalue weighted by Gasteiger charge is -2.22. The van der Waals surface area contributed by atoms with Gasteiger partial charge in [-0.2, -0.15) is 0 Å². The lowest BCUT2D eigenvalue weighted by Crippen LogP contribution is -2.34. The Kier molecular flexibility index (Phi) is 5.77. The molecule has 1 aromatic heterocycles. The maximum atomic E-state index is 11.9. The number of nitrogens with one attached hydrogen (secondary N) is 1. The molecule has 6 heteroatoms. The summed E-state index contributed by atoms with van der Waals surface area (Å²) in [6, 6.07) is 1.60. The van der Waals surface area contributed by atoms with Crippen LogP contribution in [0.25, 0.3) is 0 Å². The topological polar surface area (TPSA) is 62.2 Å². The van der Waals surface area contributed by atoms with E-state index in [2.05, 4.69) is 26.2 Å². The molecule has 4 nitrogen and oxygen atoms in total. The van der Waals surface area contributed by atoms with Crippen molar-refractivity contribution < 1.29 is 9.90 Å². The molecule has 1 rings (SSSR count). The number of aliphatic hydroxyl groups excluding tert-OH is 1. The van der Waals surface area contributed by atoms with E-state index in [1.54, 1.807) is 6.07 Å². The highest BCUT2D eigenvalue weighted by atomic mass is 79.9. The largest absolute Gasteiger partial charge is 0.391 e. The van der Waals surface area contributed by atoms with Crippen molar-refractivity contribution in [2.45, 2.75) is 33.3 Å². The van der Waals surface area contributed by atoms with Gasteiger partial charge in [-0.1, -0.05) is 32.4 Å². The van der Waals surface area contributed by atoms with Gasteiger partial charge >= 0.3 is 0 Å². The van der Waals surface area contributed by atoms with E-state index in [1.807, 2.05) is 20.8 Å². The van der Waals surface area contributed by atoms with Gasteiger partial charge in [-0.15, -0.1) is 0 Å². The zero-order chi connectivity index (χ0) is 14.6. The van der Waals surface area contributed by atoms with Crippen LogP contribution in [-0.2, 0) is 0 Å². The molecular weight excluding hydrogens is 332 g/mol. The number of aliphatic hydroxyl groups is 1. The van der Waals surface area contributed by atoms with Crippen molar-refractivity contribution in [3.8, 4) is 0 Å². The molecule has 0 fully saturated rings. The van der Waals surface area contributed by atoms with Gasteiger partial charge in [0, 0.05) is 17.2 Å². The summed E-state index contributed by atoms with van der Waals surface area (Å²) in [6.07, 6.45) is 1.55. The second-order valence-electron chi connectivity index (χ2n) is 5.62. The van der Waals surface area contributed by atoms with Crippen molar-refractivity contribution >= 4 is 33.4 Å². The molecule has 0 aliphatic rings. The number of pyridine rings is 1. The molecule has 0 aromatic carbocycles. The molecule has 1 atom stereocenters. The first-order valence-electron chi connectivity index (χ1n) is 5.96. The molecule has 1 amide bonds. The van der Waals surface area contributed by atoms with Gasteiger partial charge in [-0.3, -0.25) is 4.79 Å². The smallest absolute Gasteiger partial charge is 0.254 e. The third-order valence-corrected chi connectivity index (χ3v) is 3.13. The Morgan fingerprint density at radius 1 is 1.58 bits per heavy atom. The highest BCUT2D eigenvalue weighted by Gasteiger charge is 2.18. The number of hydrogen-bond donors (Lipinski definition) is 2. The molecule has 0 bridgehead atoms. The van der Waals surface area contributed by atoms with Crippen molar-refractivity contribution in [3.05, 3.63) is 27.5 Å². The Bertz CT molecular complexity index is 460. The minimum atomic E-state index is -0.581. The fourth-order valence-corrected chi connectivity index (χ4v) is 2.19. The maximum Gasteiger partial charge on any atom is 0.254 e. The molecule has 0 saturated carbocycles. The van der Waals surface area contributed by atoms with E-state index in [1.165, 1.54) is 6.20 Å². The van der Waals surface area contributed by atoms with Crippen molar-refractivity contribution in [1.82, 2.24) is 10.3 Å². The van der Waals surface area contributed by atoms with Gasteiger partial charge < -0.3 is 10.4 Å². The molecule has 0 aliphatic carbocycles.